The van der Waals surface area contributed by atoms with Crippen LogP contribution in [0.5, 0.6) is 0 Å². The number of hydrogen-bond acceptors (Lipinski definition) is 3. The van der Waals surface area contributed by atoms with Crippen LogP contribution in [-0.4, -0.2) is 16.2 Å². The molecule has 148 heavy (non-hydrogen) atoms. The van der Waals surface area contributed by atoms with Crippen molar-refractivity contribution in [2.24, 2.45) is 0 Å². The van der Waals surface area contributed by atoms with Crippen LogP contribution in [-0.2, 0) is 74.9 Å². The van der Waals surface area contributed by atoms with E-state index in [1.54, 1.807) is 9.84 Å². The normalized spacial score (nSPS) is 11.7. The maximum atomic E-state index is 5.67. The van der Waals surface area contributed by atoms with E-state index in [-0.39, 0.29) is 0 Å². The van der Waals surface area contributed by atoms with Crippen LogP contribution in [0.15, 0.2) is 513 Å². The number of halogens is 3. The third kappa shape index (κ3) is 24.6. The fraction of sp³-hybridized carbons (Fsp3) is 0.0909. The van der Waals surface area contributed by atoms with Gasteiger partial charge in [0.2, 0.25) is 0 Å². The van der Waals surface area contributed by atoms with E-state index in [0.29, 0.717) is 0 Å². The molecule has 0 aliphatic carbocycles. The minimum absolute atomic E-state index is 0.795. The van der Waals surface area contributed by atoms with Gasteiger partial charge < -0.3 is 0 Å². The predicted octanol–water partition coefficient (Wildman–Crippen LogP) is 25.6. The summed E-state index contributed by atoms with van der Waals surface area (Å²) in [5.41, 5.74) is 43.7. The largest absolute Gasteiger partial charge is 0.265 e. The van der Waals surface area contributed by atoms with Crippen molar-refractivity contribution in [3.8, 4) is 134 Å². The van der Waals surface area contributed by atoms with Crippen molar-refractivity contribution in [1.82, 2.24) is 15.0 Å². The Bertz CT molecular complexity index is 7190. The van der Waals surface area contributed by atoms with Gasteiger partial charge in [-0.05, 0) is 259 Å². The van der Waals surface area contributed by atoms with Crippen LogP contribution in [0, 0.1) is 0 Å². The Balaban J connectivity index is 0.000000146. The van der Waals surface area contributed by atoms with Crippen LogP contribution >= 0.6 is 57.6 Å². The van der Waals surface area contributed by atoms with Crippen molar-refractivity contribution in [1.29, 1.82) is 1.28 Å². The van der Waals surface area contributed by atoms with Crippen molar-refractivity contribution < 1.29 is 41.1 Å². The molecule has 22 aromatic rings. The molecule has 0 saturated carbocycles. The molecule has 12 nitrogen and oxygen atoms in total. The molecule has 42 aliphatic heterocycles. The second kappa shape index (κ2) is 46.5. The van der Waals surface area contributed by atoms with Crippen molar-refractivity contribution in [3.05, 3.63) is 579 Å². The predicted molar refractivity (Wildman–Crippen MR) is 606 cm³/mol. The lowest BCUT2D eigenvalue weighted by atomic mass is 9.94. The lowest BCUT2D eigenvalue weighted by Crippen LogP contribution is -2.34. The summed E-state index contributed by atoms with van der Waals surface area (Å²) in [6.45, 7) is 7.28. The number of rotatable bonds is 15. The highest BCUT2D eigenvalue weighted by Gasteiger charge is 2.22. The van der Waals surface area contributed by atoms with Crippen molar-refractivity contribution in [2.45, 2.75) is 74.9 Å². The highest BCUT2D eigenvalue weighted by molar-refractivity contribution is 9.09. The first-order valence-electron chi connectivity index (χ1n) is 50.4. The summed E-state index contributed by atoms with van der Waals surface area (Å²) in [6.07, 6.45) is 50.6. The smallest absolute Gasteiger partial charge is 0.173 e. The summed E-state index contributed by atoms with van der Waals surface area (Å²) >= 11 is 10.6. The fourth-order valence-corrected chi connectivity index (χ4v) is 20.4. The third-order valence-corrected chi connectivity index (χ3v) is 29.6. The van der Waals surface area contributed by atoms with Crippen LogP contribution in [0.2, 0.25) is 0 Å². The summed E-state index contributed by atoms with van der Waals surface area (Å²) in [5.74, 6) is 0. The number of pyridine rings is 12. The molecule has 0 saturated heterocycles. The molecule has 42 aliphatic rings. The third-order valence-electron chi connectivity index (χ3n) is 27.7. The fourth-order valence-electron chi connectivity index (χ4n) is 19.3. The number of hydrogen-bond donors (Lipinski definition) is 0. The molecule has 0 amide bonds. The van der Waals surface area contributed by atoms with Crippen LogP contribution in [0.25, 0.3) is 134 Å². The summed E-state index contributed by atoms with van der Waals surface area (Å²) in [5, 5.41) is 2.63. The quantitative estimate of drug-likeness (QED) is 0.0583. The number of aromatic nitrogens is 12. The van der Waals surface area contributed by atoms with Gasteiger partial charge in [0, 0.05) is 212 Å². The molecule has 1 atom stereocenters. The second-order valence-electron chi connectivity index (χ2n) is 38.0. The Labute approximate surface area is 895 Å². The van der Waals surface area contributed by atoms with Gasteiger partial charge in [-0.1, -0.05) is 193 Å². The molecule has 1 unspecified atom stereocenters. The average Bonchev–Trinajstić information content (AvgIpc) is 0.812. The van der Waals surface area contributed by atoms with Crippen LogP contribution in [0.1, 0.15) is 66.8 Å². The van der Waals surface area contributed by atoms with Gasteiger partial charge in [0.15, 0.2) is 170 Å². The molecule has 10 aromatic carbocycles. The lowest BCUT2D eigenvalue weighted by Gasteiger charge is -2.11. The van der Waals surface area contributed by atoms with Gasteiger partial charge in [-0.15, -0.1) is 0 Å². The maximum absolute atomic E-state index is 5.67. The molecule has 0 N–H and O–H groups in total. The summed E-state index contributed by atoms with van der Waals surface area (Å²) in [4.78, 5) is 12.3. The molecular weight excluding hydrogens is 2020 g/mol. The number of benzene rings is 10. The zero-order chi connectivity index (χ0) is 101. The van der Waals surface area contributed by atoms with Crippen molar-refractivity contribution >= 4 is 57.6 Å². The van der Waals surface area contributed by atoms with Crippen molar-refractivity contribution in [3.63, 3.8) is 0 Å². The Morgan fingerprint density at radius 3 is 0.432 bits per heavy atom. The van der Waals surface area contributed by atoms with E-state index in [2.05, 4.69) is 543 Å². The van der Waals surface area contributed by atoms with Crippen LogP contribution in [0.4, 0.5) is 0 Å². The summed E-state index contributed by atoms with van der Waals surface area (Å²) < 4.78 is 26.0. The Hall–Kier alpha value is -16.1. The molecule has 54 heterocycles. The van der Waals surface area contributed by atoms with Crippen LogP contribution < -0.4 is 41.1 Å². The van der Waals surface area contributed by atoms with E-state index >= 15 is 0 Å². The van der Waals surface area contributed by atoms with Gasteiger partial charge in [0.25, 0.3) is 0 Å². The van der Waals surface area contributed by atoms with E-state index in [1.807, 2.05) is 73.6 Å². The average molecular weight is 2140 g/mol. The first kappa shape index (κ1) is 96.6. The molecule has 24 bridgehead atoms. The van der Waals surface area contributed by atoms with E-state index in [4.69, 9.17) is 1.28 Å². The molecule has 0 fully saturated rings. The maximum Gasteiger partial charge on any atom is 0.173 e. The van der Waals surface area contributed by atoms with Crippen molar-refractivity contribution in [2.75, 3.05) is 0 Å². The first-order valence-corrected chi connectivity index (χ1v) is 53.2. The molecule has 716 valence electrons. The molecule has 64 rings (SSSR count). The summed E-state index contributed by atoms with van der Waals surface area (Å²) in [6, 6.07) is 134. The minimum atomic E-state index is 0.795. The van der Waals surface area contributed by atoms with Gasteiger partial charge in [-0.2, -0.15) is 9.84 Å². The zero-order valence-corrected chi connectivity index (χ0v) is 88.0. The summed E-state index contributed by atoms with van der Waals surface area (Å²) in [7, 11) is 1.67. The van der Waals surface area contributed by atoms with Gasteiger partial charge in [0.1, 0.15) is 0 Å². The van der Waals surface area contributed by atoms with Gasteiger partial charge >= 0.3 is 0 Å². The van der Waals surface area contributed by atoms with Gasteiger partial charge in [0.05, 0.1) is 1.28 Å². The van der Waals surface area contributed by atoms with E-state index in [0.717, 1.165) is 91.6 Å². The van der Waals surface area contributed by atoms with Gasteiger partial charge in [-0.25, -0.2) is 41.1 Å². The van der Waals surface area contributed by atoms with Gasteiger partial charge in [-0.3, -0.25) is 15.0 Å². The number of nitrogens with zero attached hydrogens (tertiary/aromatic N) is 12. The first-order chi connectivity index (χ1) is 73.4. The lowest BCUT2D eigenvalue weighted by molar-refractivity contribution is -0.688. The van der Waals surface area contributed by atoms with E-state index in [9.17, 15) is 0 Å². The monoisotopic (exact) mass is 2130 g/mol. The molecule has 12 aromatic heterocycles. The highest BCUT2D eigenvalue weighted by atomic mass is 79.9. The molecule has 16 heteroatoms. The SMILES string of the molecule is BrCc1ccc(C[n+]2ccc(-c3cc(-c4cc[n+](Cc5ccc(CBr)cc5)cc4)cc(-c4cc[n+](Cc5ccc(CBr)cc5)cc4)c3)cc2)cc1.[3H]P.c1cc(-c2cc(-c3ccncc3)cc(-c3ccncc3)c2)ccn1.c1cc2ccc1C[n+]1ccc(cc1)-c1cc3cc(c1)-c1cc[n+](cc1)Cc1ccc(cc1)C[n+]1ccc(cc1)-c1cc(cc(c1)-c1cc[n+](cc1)Cc1ccc(cc1)C[n+]1ccc-3cc1)-c1cc[n+](cc1)C2. The second-order valence-corrected chi connectivity index (χ2v) is 39.7. The molecule has 0 spiro atoms. The Kier molecular flexibility index (Phi) is 30.4. The zero-order valence-electron chi connectivity index (χ0n) is 83.1. The Morgan fingerprint density at radius 2 is 0.291 bits per heavy atom. The topological polar surface area (TPSA) is 73.6 Å². The highest BCUT2D eigenvalue weighted by Crippen LogP contribution is 2.39. The van der Waals surface area contributed by atoms with E-state index < -0.39 is 0 Å². The Morgan fingerprint density at radius 1 is 0.162 bits per heavy atom. The molecule has 0 radical (unpaired) electrons. The number of alkyl halides is 3. The standard InChI is InChI=1S/C66H54N6.C45H39Br3N3.C21H15N3.H3P/c1-2-50-4-3-49(1)43-67-25-13-55(14-26-67)61-37-63-41-64(38-61)58-19-31-70(32-20-58)46-52-7-11-54(12-8-52)48-72-35-23-60(24-36-72)66-40-62(56-15-27-68(44-50)28-16-56)39-65(42-66)59-21-33-71(34-22-59)47-53-9-5-51(6-10-53)45-69-29-17-57(63)18-30-69;46-28-34-1-7-37(8-2-34)31-49-19-13-40(14-20-49)43-25-44(41-15-21-50(22-16-41)32-38-9-3-35(29-47)4-10-38)27-45(26-43)42-17-23-51(24-18-42)33-39-11-5-36(30-48)6-12-39;1-7-22-8-2-16(1)19-13-20(17-3-9-23-10-4-17)15-21(14-19)18-5-11-24-12-6-18;/h1-42H,43-48H2;1-27H,28-33H2;1-15H;1H3/q+6;+3;;/i;;;1T. The van der Waals surface area contributed by atoms with Crippen LogP contribution in [0.3, 0.4) is 0 Å². The van der Waals surface area contributed by atoms with E-state index in [1.165, 1.54) is 184 Å². The molecular formula is C132H111Br3N12P+9. The minimum Gasteiger partial charge on any atom is -0.265 e.